The third kappa shape index (κ3) is 4.44. The van der Waals surface area contributed by atoms with Gasteiger partial charge in [0.05, 0.1) is 0 Å². The van der Waals surface area contributed by atoms with Gasteiger partial charge in [0, 0.05) is 18.7 Å². The number of phenolic OH excluding ortho intramolecular Hbond substituents is 1. The summed E-state index contributed by atoms with van der Waals surface area (Å²) < 4.78 is 0. The minimum Gasteiger partial charge on any atom is -0.508 e. The van der Waals surface area contributed by atoms with Crippen molar-refractivity contribution in [2.24, 2.45) is 0 Å². The predicted molar refractivity (Wildman–Crippen MR) is 68.3 cm³/mol. The Kier molecular flexibility index (Phi) is 5.49. The minimum atomic E-state index is -0.154. The first-order valence-corrected chi connectivity index (χ1v) is 5.93. The van der Waals surface area contributed by atoms with Crippen molar-refractivity contribution in [2.75, 3.05) is 19.6 Å². The Bertz CT molecular complexity index is 378. The van der Waals surface area contributed by atoms with Crippen LogP contribution in [-0.4, -0.2) is 30.6 Å². The lowest BCUT2D eigenvalue weighted by Gasteiger charge is -2.07. The molecule has 3 N–H and O–H groups in total. The van der Waals surface area contributed by atoms with Gasteiger partial charge in [0.15, 0.2) is 0 Å². The molecule has 0 atom stereocenters. The maximum Gasteiger partial charge on any atom is 0.251 e. The van der Waals surface area contributed by atoms with Crippen LogP contribution in [0.15, 0.2) is 18.2 Å². The van der Waals surface area contributed by atoms with Gasteiger partial charge in [-0.05, 0) is 37.6 Å². The molecule has 4 heteroatoms. The molecule has 4 nitrogen and oxygen atoms in total. The number of benzene rings is 1. The molecular weight excluding hydrogens is 216 g/mol. The fourth-order valence-corrected chi connectivity index (χ4v) is 1.42. The van der Waals surface area contributed by atoms with Crippen molar-refractivity contribution >= 4 is 5.91 Å². The summed E-state index contributed by atoms with van der Waals surface area (Å²) in [5.74, 6) is 0.000330. The molecule has 0 saturated heterocycles. The van der Waals surface area contributed by atoms with E-state index in [2.05, 4.69) is 17.6 Å². The highest BCUT2D eigenvalue weighted by atomic mass is 16.3. The van der Waals surface area contributed by atoms with E-state index >= 15 is 0 Å². The highest BCUT2D eigenvalue weighted by molar-refractivity contribution is 5.94. The molecule has 1 aromatic carbocycles. The van der Waals surface area contributed by atoms with E-state index in [1.54, 1.807) is 19.1 Å². The van der Waals surface area contributed by atoms with Crippen LogP contribution in [0.2, 0.25) is 0 Å². The van der Waals surface area contributed by atoms with Crippen LogP contribution in [0.5, 0.6) is 5.75 Å². The Morgan fingerprint density at radius 3 is 2.71 bits per heavy atom. The van der Waals surface area contributed by atoms with Crippen LogP contribution < -0.4 is 10.6 Å². The van der Waals surface area contributed by atoms with Gasteiger partial charge in [0.25, 0.3) is 5.91 Å². The molecule has 1 aromatic rings. The monoisotopic (exact) mass is 236 g/mol. The Morgan fingerprint density at radius 2 is 2.06 bits per heavy atom. The molecule has 0 heterocycles. The average Bonchev–Trinajstić information content (AvgIpc) is 2.32. The van der Waals surface area contributed by atoms with Crippen LogP contribution in [0.3, 0.4) is 0 Å². The normalized spacial score (nSPS) is 10.2. The molecule has 0 aromatic heterocycles. The third-order valence-electron chi connectivity index (χ3n) is 2.49. The number of aryl methyl sites for hydroxylation is 1. The molecule has 17 heavy (non-hydrogen) atoms. The van der Waals surface area contributed by atoms with Crippen LogP contribution in [-0.2, 0) is 0 Å². The molecule has 0 fully saturated rings. The van der Waals surface area contributed by atoms with Crippen molar-refractivity contribution in [3.63, 3.8) is 0 Å². The van der Waals surface area contributed by atoms with E-state index in [-0.39, 0.29) is 11.7 Å². The fraction of sp³-hybridized carbons (Fsp3) is 0.462. The molecule has 1 rings (SSSR count). The number of carbonyl (C=O) groups is 1. The lowest BCUT2D eigenvalue weighted by Crippen LogP contribution is -2.32. The number of nitrogens with one attached hydrogen (secondary N) is 2. The molecule has 1 amide bonds. The lowest BCUT2D eigenvalue weighted by molar-refractivity contribution is 0.0953. The zero-order chi connectivity index (χ0) is 12.7. The molecule has 94 valence electrons. The molecule has 0 aliphatic rings. The van der Waals surface area contributed by atoms with E-state index in [1.165, 1.54) is 6.07 Å². The molecular formula is C13H20N2O2. The summed E-state index contributed by atoms with van der Waals surface area (Å²) in [5.41, 5.74) is 1.26. The lowest BCUT2D eigenvalue weighted by atomic mass is 10.1. The van der Waals surface area contributed by atoms with E-state index < -0.39 is 0 Å². The molecule has 0 aliphatic heterocycles. The number of hydrogen-bond donors (Lipinski definition) is 3. The molecule has 0 spiro atoms. The molecule has 0 unspecified atom stereocenters. The summed E-state index contributed by atoms with van der Waals surface area (Å²) in [7, 11) is 0. The second-order valence-electron chi connectivity index (χ2n) is 4.01. The first-order valence-electron chi connectivity index (χ1n) is 5.93. The summed E-state index contributed by atoms with van der Waals surface area (Å²) >= 11 is 0. The van der Waals surface area contributed by atoms with E-state index in [4.69, 9.17) is 0 Å². The van der Waals surface area contributed by atoms with Crippen molar-refractivity contribution in [3.05, 3.63) is 29.3 Å². The summed E-state index contributed by atoms with van der Waals surface area (Å²) in [5, 5.41) is 15.5. The number of phenols is 1. The van der Waals surface area contributed by atoms with Crippen LogP contribution in [0.25, 0.3) is 0 Å². The van der Waals surface area contributed by atoms with Gasteiger partial charge in [-0.2, -0.15) is 0 Å². The van der Waals surface area contributed by atoms with E-state index in [0.717, 1.165) is 25.1 Å². The number of rotatable bonds is 6. The highest BCUT2D eigenvalue weighted by Gasteiger charge is 2.06. The average molecular weight is 236 g/mol. The third-order valence-corrected chi connectivity index (χ3v) is 2.49. The van der Waals surface area contributed by atoms with E-state index in [1.807, 2.05) is 0 Å². The smallest absolute Gasteiger partial charge is 0.251 e. The first kappa shape index (κ1) is 13.5. The standard InChI is InChI=1S/C13H20N2O2/c1-3-6-14-7-8-15-13(17)11-5-4-10(2)12(16)9-11/h4-5,9,14,16H,3,6-8H2,1-2H3,(H,15,17). The largest absolute Gasteiger partial charge is 0.508 e. The van der Waals surface area contributed by atoms with Gasteiger partial charge in [-0.1, -0.05) is 13.0 Å². The Labute approximate surface area is 102 Å². The molecule has 0 aliphatic carbocycles. The van der Waals surface area contributed by atoms with Crippen LogP contribution in [0.4, 0.5) is 0 Å². The van der Waals surface area contributed by atoms with Crippen LogP contribution in [0.1, 0.15) is 29.3 Å². The number of hydrogen-bond acceptors (Lipinski definition) is 3. The van der Waals surface area contributed by atoms with E-state index in [9.17, 15) is 9.90 Å². The molecule has 0 saturated carbocycles. The summed E-state index contributed by atoms with van der Waals surface area (Å²) in [4.78, 5) is 11.7. The number of amides is 1. The Morgan fingerprint density at radius 1 is 1.29 bits per heavy atom. The van der Waals surface area contributed by atoms with Crippen molar-refractivity contribution < 1.29 is 9.90 Å². The van der Waals surface area contributed by atoms with Gasteiger partial charge in [-0.25, -0.2) is 0 Å². The van der Waals surface area contributed by atoms with Crippen molar-refractivity contribution in [2.45, 2.75) is 20.3 Å². The second-order valence-corrected chi connectivity index (χ2v) is 4.01. The van der Waals surface area contributed by atoms with Crippen molar-refractivity contribution in [3.8, 4) is 5.75 Å². The van der Waals surface area contributed by atoms with Gasteiger partial charge in [0.1, 0.15) is 5.75 Å². The fourth-order valence-electron chi connectivity index (χ4n) is 1.42. The van der Waals surface area contributed by atoms with Gasteiger partial charge in [0.2, 0.25) is 0 Å². The van der Waals surface area contributed by atoms with Crippen LogP contribution >= 0.6 is 0 Å². The quantitative estimate of drug-likeness (QED) is 0.655. The maximum absolute atomic E-state index is 11.7. The first-order chi connectivity index (χ1) is 8.15. The van der Waals surface area contributed by atoms with Crippen molar-refractivity contribution in [1.29, 1.82) is 0 Å². The Hall–Kier alpha value is -1.55. The second kappa shape index (κ2) is 6.91. The van der Waals surface area contributed by atoms with Gasteiger partial charge in [-0.3, -0.25) is 4.79 Å². The zero-order valence-electron chi connectivity index (χ0n) is 10.4. The highest BCUT2D eigenvalue weighted by Crippen LogP contribution is 2.17. The number of aromatic hydroxyl groups is 1. The predicted octanol–water partition coefficient (Wildman–Crippen LogP) is 1.43. The maximum atomic E-state index is 11.7. The molecule has 0 radical (unpaired) electrons. The van der Waals surface area contributed by atoms with E-state index in [0.29, 0.717) is 12.1 Å². The molecule has 0 bridgehead atoms. The summed E-state index contributed by atoms with van der Waals surface area (Å²) in [6, 6.07) is 4.94. The topological polar surface area (TPSA) is 61.4 Å². The van der Waals surface area contributed by atoms with Gasteiger partial charge >= 0.3 is 0 Å². The minimum absolute atomic E-state index is 0.154. The summed E-state index contributed by atoms with van der Waals surface area (Å²) in [6.45, 7) is 6.21. The zero-order valence-corrected chi connectivity index (χ0v) is 10.4. The Balaban J connectivity index is 2.39. The van der Waals surface area contributed by atoms with Gasteiger partial charge in [-0.15, -0.1) is 0 Å². The van der Waals surface area contributed by atoms with Gasteiger partial charge < -0.3 is 15.7 Å². The van der Waals surface area contributed by atoms with Crippen molar-refractivity contribution in [1.82, 2.24) is 10.6 Å². The summed E-state index contributed by atoms with van der Waals surface area (Å²) in [6.07, 6.45) is 1.08. The van der Waals surface area contributed by atoms with Crippen LogP contribution in [0, 0.1) is 6.92 Å². The number of carbonyl (C=O) groups excluding carboxylic acids is 1. The SMILES string of the molecule is CCCNCCNC(=O)c1ccc(C)c(O)c1.